The molecule has 0 aliphatic carbocycles. The van der Waals surface area contributed by atoms with Gasteiger partial charge in [0.15, 0.2) is 5.82 Å². The number of halogens is 1. The molecular weight excluding hydrogens is 229 g/mol. The Labute approximate surface area is 104 Å². The summed E-state index contributed by atoms with van der Waals surface area (Å²) in [7, 11) is 0. The van der Waals surface area contributed by atoms with Gasteiger partial charge < -0.3 is 0 Å². The molecule has 18 heavy (non-hydrogen) atoms. The lowest BCUT2D eigenvalue weighted by atomic mass is 10.2. The van der Waals surface area contributed by atoms with Crippen LogP contribution in [0.4, 0.5) is 4.39 Å². The molecule has 1 aromatic heterocycles. The van der Waals surface area contributed by atoms with Crippen LogP contribution in [0.5, 0.6) is 0 Å². The molecule has 0 spiro atoms. The quantitative estimate of drug-likeness (QED) is 0.688. The highest BCUT2D eigenvalue weighted by atomic mass is 19.1. The van der Waals surface area contributed by atoms with Gasteiger partial charge in [-0.15, -0.1) is 10.2 Å². The van der Waals surface area contributed by atoms with Gasteiger partial charge >= 0.3 is 0 Å². The first kappa shape index (κ1) is 10.7. The Balaban J connectivity index is 2.16. The van der Waals surface area contributed by atoms with Gasteiger partial charge in [0.05, 0.1) is 5.69 Å². The molecule has 2 aromatic carbocycles. The highest BCUT2D eigenvalue weighted by Gasteiger charge is 2.11. The van der Waals surface area contributed by atoms with Gasteiger partial charge in [-0.3, -0.25) is 4.57 Å². The number of hydrogen-bond acceptors (Lipinski definition) is 2. The molecule has 0 fully saturated rings. The molecule has 3 nitrogen and oxygen atoms in total. The van der Waals surface area contributed by atoms with E-state index in [-0.39, 0.29) is 5.82 Å². The maximum Gasteiger partial charge on any atom is 0.168 e. The zero-order chi connectivity index (χ0) is 12.4. The molecule has 3 rings (SSSR count). The predicted molar refractivity (Wildman–Crippen MR) is 66.8 cm³/mol. The van der Waals surface area contributed by atoms with Crippen molar-refractivity contribution in [3.8, 4) is 17.1 Å². The van der Waals surface area contributed by atoms with Gasteiger partial charge in [0.2, 0.25) is 0 Å². The third-order valence-electron chi connectivity index (χ3n) is 2.69. The normalized spacial score (nSPS) is 10.5. The monoisotopic (exact) mass is 239 g/mol. The van der Waals surface area contributed by atoms with Crippen LogP contribution in [-0.4, -0.2) is 14.8 Å². The van der Waals surface area contributed by atoms with Crippen LogP contribution in [0.25, 0.3) is 17.1 Å². The second-order valence-electron chi connectivity index (χ2n) is 3.84. The van der Waals surface area contributed by atoms with Crippen LogP contribution in [0.2, 0.25) is 0 Å². The Morgan fingerprint density at radius 2 is 1.61 bits per heavy atom. The Bertz CT molecular complexity index is 662. The average Bonchev–Trinajstić information content (AvgIpc) is 2.89. The maximum atomic E-state index is 13.8. The van der Waals surface area contributed by atoms with Crippen molar-refractivity contribution in [2.45, 2.75) is 0 Å². The van der Waals surface area contributed by atoms with E-state index >= 15 is 0 Å². The summed E-state index contributed by atoms with van der Waals surface area (Å²) in [6, 6.07) is 16.1. The van der Waals surface area contributed by atoms with Crippen LogP contribution in [0, 0.1) is 5.82 Å². The minimum Gasteiger partial charge on any atom is -0.279 e. The highest BCUT2D eigenvalue weighted by Crippen LogP contribution is 2.21. The molecule has 0 bridgehead atoms. The molecule has 0 saturated carbocycles. The second-order valence-corrected chi connectivity index (χ2v) is 3.84. The Morgan fingerprint density at radius 3 is 2.39 bits per heavy atom. The zero-order valence-electron chi connectivity index (χ0n) is 9.49. The van der Waals surface area contributed by atoms with Crippen LogP contribution in [-0.2, 0) is 0 Å². The van der Waals surface area contributed by atoms with E-state index in [1.807, 2.05) is 30.3 Å². The standard InChI is InChI=1S/C14H10FN3/c15-12-8-4-5-9-13(12)18-10-16-17-14(18)11-6-2-1-3-7-11/h1-10H. The van der Waals surface area contributed by atoms with Crippen LogP contribution in [0.3, 0.4) is 0 Å². The van der Waals surface area contributed by atoms with Crippen molar-refractivity contribution < 1.29 is 4.39 Å². The molecule has 0 unspecified atom stereocenters. The first-order chi connectivity index (χ1) is 8.86. The molecule has 1 heterocycles. The fourth-order valence-corrected chi connectivity index (χ4v) is 1.84. The van der Waals surface area contributed by atoms with Crippen molar-refractivity contribution in [2.75, 3.05) is 0 Å². The first-order valence-corrected chi connectivity index (χ1v) is 5.56. The summed E-state index contributed by atoms with van der Waals surface area (Å²) in [6.45, 7) is 0. The van der Waals surface area contributed by atoms with E-state index in [4.69, 9.17) is 0 Å². The summed E-state index contributed by atoms with van der Waals surface area (Å²) in [5.74, 6) is 0.329. The van der Waals surface area contributed by atoms with E-state index in [1.54, 1.807) is 22.8 Å². The Morgan fingerprint density at radius 1 is 0.889 bits per heavy atom. The molecule has 3 aromatic rings. The van der Waals surface area contributed by atoms with Crippen LogP contribution in [0.15, 0.2) is 60.9 Å². The van der Waals surface area contributed by atoms with E-state index in [0.717, 1.165) is 5.56 Å². The summed E-state index contributed by atoms with van der Waals surface area (Å²) in [4.78, 5) is 0. The van der Waals surface area contributed by atoms with E-state index in [2.05, 4.69) is 10.2 Å². The van der Waals surface area contributed by atoms with Crippen molar-refractivity contribution in [3.63, 3.8) is 0 Å². The SMILES string of the molecule is Fc1ccccc1-n1cnnc1-c1ccccc1. The van der Waals surface area contributed by atoms with Gasteiger partial charge in [-0.1, -0.05) is 42.5 Å². The van der Waals surface area contributed by atoms with Gasteiger partial charge in [-0.05, 0) is 12.1 Å². The molecule has 88 valence electrons. The van der Waals surface area contributed by atoms with Crippen molar-refractivity contribution in [1.29, 1.82) is 0 Å². The molecule has 0 aliphatic rings. The van der Waals surface area contributed by atoms with Gasteiger partial charge in [0, 0.05) is 5.56 Å². The third kappa shape index (κ3) is 1.78. The minimum absolute atomic E-state index is 0.297. The van der Waals surface area contributed by atoms with Gasteiger partial charge in [-0.25, -0.2) is 4.39 Å². The lowest BCUT2D eigenvalue weighted by molar-refractivity contribution is 0.618. The van der Waals surface area contributed by atoms with E-state index in [0.29, 0.717) is 11.5 Å². The van der Waals surface area contributed by atoms with Crippen LogP contribution in [0.1, 0.15) is 0 Å². The molecule has 0 radical (unpaired) electrons. The summed E-state index contributed by atoms with van der Waals surface area (Å²) < 4.78 is 15.4. The number of aromatic nitrogens is 3. The Hall–Kier alpha value is -2.49. The molecule has 0 atom stereocenters. The molecule has 0 aliphatic heterocycles. The maximum absolute atomic E-state index is 13.8. The van der Waals surface area contributed by atoms with Crippen molar-refractivity contribution >= 4 is 0 Å². The van der Waals surface area contributed by atoms with Crippen molar-refractivity contribution in [3.05, 3.63) is 66.7 Å². The topological polar surface area (TPSA) is 30.7 Å². The van der Waals surface area contributed by atoms with E-state index in [1.165, 1.54) is 12.4 Å². The lowest BCUT2D eigenvalue weighted by Gasteiger charge is -2.07. The molecule has 4 heteroatoms. The fourth-order valence-electron chi connectivity index (χ4n) is 1.84. The average molecular weight is 239 g/mol. The van der Waals surface area contributed by atoms with Crippen molar-refractivity contribution in [2.24, 2.45) is 0 Å². The fraction of sp³-hybridized carbons (Fsp3) is 0. The molecule has 0 N–H and O–H groups in total. The van der Waals surface area contributed by atoms with Crippen molar-refractivity contribution in [1.82, 2.24) is 14.8 Å². The van der Waals surface area contributed by atoms with Gasteiger partial charge in [-0.2, -0.15) is 0 Å². The minimum atomic E-state index is -0.297. The van der Waals surface area contributed by atoms with Gasteiger partial charge in [0.1, 0.15) is 12.1 Å². The predicted octanol–water partition coefficient (Wildman–Crippen LogP) is 3.07. The number of benzene rings is 2. The largest absolute Gasteiger partial charge is 0.279 e. The molecule has 0 amide bonds. The third-order valence-corrected chi connectivity index (χ3v) is 2.69. The second kappa shape index (κ2) is 4.41. The first-order valence-electron chi connectivity index (χ1n) is 5.56. The number of rotatable bonds is 2. The van der Waals surface area contributed by atoms with Crippen LogP contribution < -0.4 is 0 Å². The summed E-state index contributed by atoms with van der Waals surface area (Å²) in [6.07, 6.45) is 1.51. The molecule has 0 saturated heterocycles. The smallest absolute Gasteiger partial charge is 0.168 e. The molecular formula is C14H10FN3. The summed E-state index contributed by atoms with van der Waals surface area (Å²) in [5.41, 5.74) is 1.35. The van der Waals surface area contributed by atoms with E-state index < -0.39 is 0 Å². The van der Waals surface area contributed by atoms with Crippen LogP contribution >= 0.6 is 0 Å². The number of para-hydroxylation sites is 1. The lowest BCUT2D eigenvalue weighted by Crippen LogP contribution is -1.98. The van der Waals surface area contributed by atoms with Gasteiger partial charge in [0.25, 0.3) is 0 Å². The summed E-state index contributed by atoms with van der Waals surface area (Å²) in [5, 5.41) is 7.91. The van der Waals surface area contributed by atoms with E-state index in [9.17, 15) is 4.39 Å². The highest BCUT2D eigenvalue weighted by molar-refractivity contribution is 5.57. The zero-order valence-corrected chi connectivity index (χ0v) is 9.49. The Kier molecular flexibility index (Phi) is 2.61. The summed E-state index contributed by atoms with van der Waals surface area (Å²) >= 11 is 0. The number of hydrogen-bond donors (Lipinski definition) is 0. The number of nitrogens with zero attached hydrogens (tertiary/aromatic N) is 3.